The zero-order chi connectivity index (χ0) is 24.8. The number of anilines is 2. The topological polar surface area (TPSA) is 86.3 Å². The lowest BCUT2D eigenvalue weighted by Gasteiger charge is -2.33. The third-order valence-corrected chi connectivity index (χ3v) is 5.48. The number of nitrogens with one attached hydrogen (secondary N) is 1. The number of nitrogens with zero attached hydrogens (tertiary/aromatic N) is 1. The van der Waals surface area contributed by atoms with E-state index in [4.69, 9.17) is 18.9 Å². The van der Waals surface area contributed by atoms with E-state index in [0.29, 0.717) is 41.8 Å². The SMILES string of the molecule is COc1ccccc1OCC(=O)Nc1ccc2c(c1)N(CCOc1ccc(C)cc1)C(=O)C(C)O2. The van der Waals surface area contributed by atoms with Gasteiger partial charge in [0.25, 0.3) is 11.8 Å². The number of amides is 2. The molecular formula is C27H28N2O6. The van der Waals surface area contributed by atoms with E-state index >= 15 is 0 Å². The van der Waals surface area contributed by atoms with Gasteiger partial charge in [-0.15, -0.1) is 0 Å². The van der Waals surface area contributed by atoms with Crippen molar-refractivity contribution >= 4 is 23.2 Å². The number of ether oxygens (including phenoxy) is 4. The maximum atomic E-state index is 12.9. The van der Waals surface area contributed by atoms with Crippen molar-refractivity contribution < 1.29 is 28.5 Å². The van der Waals surface area contributed by atoms with Crippen LogP contribution in [0.3, 0.4) is 0 Å². The summed E-state index contributed by atoms with van der Waals surface area (Å²) in [5.74, 6) is 1.80. The molecule has 0 bridgehead atoms. The highest BCUT2D eigenvalue weighted by Gasteiger charge is 2.31. The Labute approximate surface area is 204 Å². The minimum Gasteiger partial charge on any atom is -0.493 e. The monoisotopic (exact) mass is 476 g/mol. The van der Waals surface area contributed by atoms with Crippen LogP contribution in [0.25, 0.3) is 0 Å². The maximum absolute atomic E-state index is 12.9. The van der Waals surface area contributed by atoms with Gasteiger partial charge in [0.2, 0.25) is 0 Å². The Hall–Kier alpha value is -4.20. The molecule has 0 saturated heterocycles. The first-order chi connectivity index (χ1) is 16.9. The van der Waals surface area contributed by atoms with Gasteiger partial charge < -0.3 is 29.2 Å². The molecule has 0 aliphatic carbocycles. The fraction of sp³-hybridized carbons (Fsp3) is 0.259. The van der Waals surface area contributed by atoms with Gasteiger partial charge in [-0.2, -0.15) is 0 Å². The molecule has 8 heteroatoms. The molecule has 3 aromatic carbocycles. The highest BCUT2D eigenvalue weighted by Crippen LogP contribution is 2.36. The standard InChI is InChI=1S/C27H28N2O6/c1-18-8-11-21(12-9-18)33-15-14-29-22-16-20(10-13-23(22)35-19(2)27(29)31)28-26(30)17-34-25-7-5-4-6-24(25)32-3/h4-13,16,19H,14-15,17H2,1-3H3,(H,28,30). The zero-order valence-electron chi connectivity index (χ0n) is 19.9. The molecule has 1 aliphatic heterocycles. The largest absolute Gasteiger partial charge is 0.493 e. The molecule has 1 unspecified atom stereocenters. The van der Waals surface area contributed by atoms with Crippen LogP contribution in [-0.2, 0) is 9.59 Å². The van der Waals surface area contributed by atoms with E-state index in [0.717, 1.165) is 11.3 Å². The van der Waals surface area contributed by atoms with E-state index in [1.165, 1.54) is 7.11 Å². The normalized spacial score (nSPS) is 14.5. The first-order valence-electron chi connectivity index (χ1n) is 11.3. The van der Waals surface area contributed by atoms with Gasteiger partial charge in [-0.05, 0) is 56.3 Å². The lowest BCUT2D eigenvalue weighted by atomic mass is 10.1. The third kappa shape index (κ3) is 5.84. The molecule has 0 spiro atoms. The summed E-state index contributed by atoms with van der Waals surface area (Å²) in [5, 5.41) is 2.80. The Morgan fingerprint density at radius 2 is 1.77 bits per heavy atom. The quantitative estimate of drug-likeness (QED) is 0.498. The Kier molecular flexibility index (Phi) is 7.40. The predicted octanol–water partition coefficient (Wildman–Crippen LogP) is 4.21. The number of methoxy groups -OCH3 is 1. The fourth-order valence-corrected chi connectivity index (χ4v) is 3.68. The maximum Gasteiger partial charge on any atom is 0.267 e. The Bertz CT molecular complexity index is 1190. The molecule has 1 heterocycles. The number of hydrogen-bond acceptors (Lipinski definition) is 6. The Balaban J connectivity index is 1.41. The van der Waals surface area contributed by atoms with Crippen molar-refractivity contribution in [2.45, 2.75) is 20.0 Å². The van der Waals surface area contributed by atoms with Crippen molar-refractivity contribution in [3.8, 4) is 23.0 Å². The van der Waals surface area contributed by atoms with Gasteiger partial charge in [-0.25, -0.2) is 0 Å². The molecule has 182 valence electrons. The highest BCUT2D eigenvalue weighted by atomic mass is 16.5. The van der Waals surface area contributed by atoms with Crippen molar-refractivity contribution in [3.05, 3.63) is 72.3 Å². The summed E-state index contributed by atoms with van der Waals surface area (Å²) in [6.45, 7) is 4.17. The van der Waals surface area contributed by atoms with Crippen molar-refractivity contribution in [2.75, 3.05) is 37.1 Å². The molecule has 35 heavy (non-hydrogen) atoms. The molecule has 1 N–H and O–H groups in total. The van der Waals surface area contributed by atoms with E-state index in [1.54, 1.807) is 48.2 Å². The van der Waals surface area contributed by atoms with Crippen molar-refractivity contribution in [1.29, 1.82) is 0 Å². The van der Waals surface area contributed by atoms with Crippen LogP contribution in [0.5, 0.6) is 23.0 Å². The van der Waals surface area contributed by atoms with Crippen LogP contribution in [0, 0.1) is 6.92 Å². The van der Waals surface area contributed by atoms with Gasteiger partial charge in [-0.3, -0.25) is 9.59 Å². The van der Waals surface area contributed by atoms with Crippen LogP contribution < -0.4 is 29.2 Å². The lowest BCUT2D eigenvalue weighted by Crippen LogP contribution is -2.46. The number of rotatable bonds is 9. The molecule has 2 amide bonds. The van der Waals surface area contributed by atoms with Crippen molar-refractivity contribution in [1.82, 2.24) is 0 Å². The van der Waals surface area contributed by atoms with Crippen LogP contribution in [0.1, 0.15) is 12.5 Å². The Morgan fingerprint density at radius 3 is 2.51 bits per heavy atom. The summed E-state index contributed by atoms with van der Waals surface area (Å²) in [4.78, 5) is 27.0. The number of carbonyl (C=O) groups excluding carboxylic acids is 2. The van der Waals surface area contributed by atoms with E-state index in [9.17, 15) is 9.59 Å². The van der Waals surface area contributed by atoms with Crippen LogP contribution in [-0.4, -0.2) is 44.8 Å². The lowest BCUT2D eigenvalue weighted by molar-refractivity contribution is -0.125. The molecule has 0 fully saturated rings. The van der Waals surface area contributed by atoms with Crippen molar-refractivity contribution in [3.63, 3.8) is 0 Å². The van der Waals surface area contributed by atoms with Gasteiger partial charge in [0.1, 0.15) is 18.1 Å². The van der Waals surface area contributed by atoms with E-state index in [1.807, 2.05) is 37.3 Å². The second-order valence-electron chi connectivity index (χ2n) is 8.08. The first-order valence-corrected chi connectivity index (χ1v) is 11.3. The summed E-state index contributed by atoms with van der Waals surface area (Å²) < 4.78 is 22.4. The average molecular weight is 477 g/mol. The zero-order valence-corrected chi connectivity index (χ0v) is 19.9. The second kappa shape index (κ2) is 10.8. The molecule has 0 aromatic heterocycles. The summed E-state index contributed by atoms with van der Waals surface area (Å²) in [6.07, 6.45) is -0.614. The minimum atomic E-state index is -0.614. The molecule has 4 rings (SSSR count). The van der Waals surface area contributed by atoms with Gasteiger partial charge in [0, 0.05) is 5.69 Å². The van der Waals surface area contributed by atoms with E-state index < -0.39 is 6.10 Å². The molecule has 0 radical (unpaired) electrons. The Morgan fingerprint density at radius 1 is 1.03 bits per heavy atom. The molecule has 1 atom stereocenters. The van der Waals surface area contributed by atoms with E-state index in [2.05, 4.69) is 5.32 Å². The smallest absolute Gasteiger partial charge is 0.267 e. The average Bonchev–Trinajstić information content (AvgIpc) is 2.86. The first kappa shape index (κ1) is 23.9. The van der Waals surface area contributed by atoms with Crippen LogP contribution >= 0.6 is 0 Å². The summed E-state index contributed by atoms with van der Waals surface area (Å²) in [7, 11) is 1.54. The number of carbonyl (C=O) groups is 2. The molecule has 8 nitrogen and oxygen atoms in total. The summed E-state index contributed by atoms with van der Waals surface area (Å²) in [5.41, 5.74) is 2.24. The van der Waals surface area contributed by atoms with Crippen LogP contribution in [0.4, 0.5) is 11.4 Å². The predicted molar refractivity (Wildman–Crippen MR) is 133 cm³/mol. The van der Waals surface area contributed by atoms with Gasteiger partial charge in [-0.1, -0.05) is 29.8 Å². The summed E-state index contributed by atoms with van der Waals surface area (Å²) >= 11 is 0. The van der Waals surface area contributed by atoms with Gasteiger partial charge >= 0.3 is 0 Å². The second-order valence-corrected chi connectivity index (χ2v) is 8.08. The molecule has 0 saturated carbocycles. The van der Waals surface area contributed by atoms with Crippen LogP contribution in [0.15, 0.2) is 66.7 Å². The van der Waals surface area contributed by atoms with Crippen molar-refractivity contribution in [2.24, 2.45) is 0 Å². The fourth-order valence-electron chi connectivity index (χ4n) is 3.68. The number of benzene rings is 3. The molecular weight excluding hydrogens is 448 g/mol. The number of para-hydroxylation sites is 2. The third-order valence-electron chi connectivity index (χ3n) is 5.48. The summed E-state index contributed by atoms with van der Waals surface area (Å²) in [6, 6.07) is 20.0. The van der Waals surface area contributed by atoms with Gasteiger partial charge in [0.05, 0.1) is 19.3 Å². The minimum absolute atomic E-state index is 0.173. The highest BCUT2D eigenvalue weighted by molar-refractivity contribution is 6.01. The van der Waals surface area contributed by atoms with E-state index in [-0.39, 0.29) is 18.4 Å². The number of fused-ring (bicyclic) bond motifs is 1. The molecule has 3 aromatic rings. The number of hydrogen-bond donors (Lipinski definition) is 1. The van der Waals surface area contributed by atoms with Crippen LogP contribution in [0.2, 0.25) is 0 Å². The molecule has 1 aliphatic rings. The number of aryl methyl sites for hydroxylation is 1. The van der Waals surface area contributed by atoms with Gasteiger partial charge in [0.15, 0.2) is 24.2 Å².